The van der Waals surface area contributed by atoms with E-state index >= 15 is 0 Å². The van der Waals surface area contributed by atoms with Gasteiger partial charge in [0.25, 0.3) is 0 Å². The second kappa shape index (κ2) is 9.68. The third-order valence-corrected chi connectivity index (χ3v) is 5.98. The van der Waals surface area contributed by atoms with Crippen LogP contribution in [0.5, 0.6) is 5.75 Å². The van der Waals surface area contributed by atoms with E-state index in [1.165, 1.54) is 0 Å². The molecule has 1 unspecified atom stereocenters. The molecule has 1 atom stereocenters. The number of benzene rings is 1. The van der Waals surface area contributed by atoms with Gasteiger partial charge in [-0.25, -0.2) is 4.98 Å². The number of nitrogens with one attached hydrogen (secondary N) is 1. The Morgan fingerprint density at radius 1 is 1.21 bits per heavy atom. The molecule has 33 heavy (non-hydrogen) atoms. The first kappa shape index (κ1) is 22.9. The molecular formula is C23H26ClN7O2. The van der Waals surface area contributed by atoms with Crippen LogP contribution in [0.1, 0.15) is 20.3 Å². The Bertz CT molecular complexity index is 1140. The summed E-state index contributed by atoms with van der Waals surface area (Å²) in [7, 11) is 0. The number of pyridine rings is 1. The Balaban J connectivity index is 1.76. The topological polar surface area (TPSA) is 119 Å². The predicted molar refractivity (Wildman–Crippen MR) is 127 cm³/mol. The molecule has 1 amide bonds. The largest absolute Gasteiger partial charge is 0.494 e. The van der Waals surface area contributed by atoms with E-state index in [2.05, 4.69) is 20.5 Å². The van der Waals surface area contributed by atoms with Gasteiger partial charge in [0.15, 0.2) is 0 Å². The Morgan fingerprint density at radius 3 is 2.67 bits per heavy atom. The van der Waals surface area contributed by atoms with Gasteiger partial charge in [0, 0.05) is 36.6 Å². The van der Waals surface area contributed by atoms with E-state index in [0.29, 0.717) is 60.6 Å². The van der Waals surface area contributed by atoms with Crippen LogP contribution in [0.25, 0.3) is 22.5 Å². The average molecular weight is 468 g/mol. The van der Waals surface area contributed by atoms with Gasteiger partial charge in [-0.3, -0.25) is 9.78 Å². The number of rotatable bonds is 8. The monoisotopic (exact) mass is 467 g/mol. The normalized spacial score (nSPS) is 17.8. The first-order valence-corrected chi connectivity index (χ1v) is 11.2. The molecule has 1 aliphatic rings. The summed E-state index contributed by atoms with van der Waals surface area (Å²) in [5.74, 6) is 0.794. The van der Waals surface area contributed by atoms with Crippen molar-refractivity contribution in [3.63, 3.8) is 0 Å². The summed E-state index contributed by atoms with van der Waals surface area (Å²) in [6, 6.07) is 9.38. The van der Waals surface area contributed by atoms with Gasteiger partial charge in [0.2, 0.25) is 11.9 Å². The van der Waals surface area contributed by atoms with Crippen molar-refractivity contribution in [3.8, 4) is 28.3 Å². The van der Waals surface area contributed by atoms with E-state index in [1.54, 1.807) is 18.5 Å². The van der Waals surface area contributed by atoms with Gasteiger partial charge in [-0.1, -0.05) is 18.5 Å². The maximum absolute atomic E-state index is 12.2. The standard InChI is InChI=1S/C23H26ClN7O2/c1-3-27-23(21(25)32)10-12-31(14-23)22-28-20(17-9-11-26-13-18(17)24)19(29-30-22)15-5-7-16(8-6-15)33-4-2/h5-9,11,13,27H,3-4,10,12,14H2,1-2H3,(H2,25,32). The highest BCUT2D eigenvalue weighted by molar-refractivity contribution is 6.33. The molecule has 0 aliphatic carbocycles. The summed E-state index contributed by atoms with van der Waals surface area (Å²) in [4.78, 5) is 23.0. The lowest BCUT2D eigenvalue weighted by Crippen LogP contribution is -2.57. The van der Waals surface area contributed by atoms with E-state index in [0.717, 1.165) is 11.3 Å². The van der Waals surface area contributed by atoms with Gasteiger partial charge >= 0.3 is 0 Å². The number of ether oxygens (including phenoxy) is 1. The minimum absolute atomic E-state index is 0.365. The molecule has 172 valence electrons. The Hall–Kier alpha value is -3.30. The number of halogens is 1. The number of likely N-dealkylation sites (N-methyl/N-ethyl adjacent to an activating group) is 1. The quantitative estimate of drug-likeness (QED) is 0.519. The van der Waals surface area contributed by atoms with Gasteiger partial charge in [-0.15, -0.1) is 10.2 Å². The lowest BCUT2D eigenvalue weighted by molar-refractivity contribution is -0.123. The van der Waals surface area contributed by atoms with Gasteiger partial charge in [-0.2, -0.15) is 0 Å². The number of hydrogen-bond donors (Lipinski definition) is 2. The van der Waals surface area contributed by atoms with Crippen LogP contribution in [0.2, 0.25) is 5.02 Å². The first-order chi connectivity index (χ1) is 16.0. The number of carbonyl (C=O) groups is 1. The number of nitrogens with two attached hydrogens (primary N) is 1. The van der Waals surface area contributed by atoms with Crippen molar-refractivity contribution in [2.24, 2.45) is 5.73 Å². The Morgan fingerprint density at radius 2 is 2.00 bits per heavy atom. The zero-order valence-corrected chi connectivity index (χ0v) is 19.3. The highest BCUT2D eigenvalue weighted by Gasteiger charge is 2.43. The van der Waals surface area contributed by atoms with Crippen LogP contribution in [0.3, 0.4) is 0 Å². The number of aromatic nitrogens is 4. The van der Waals surface area contributed by atoms with Gasteiger partial charge in [-0.05, 0) is 50.2 Å². The summed E-state index contributed by atoms with van der Waals surface area (Å²) < 4.78 is 5.54. The average Bonchev–Trinajstić information content (AvgIpc) is 3.26. The third kappa shape index (κ3) is 4.60. The second-order valence-corrected chi connectivity index (χ2v) is 8.18. The lowest BCUT2D eigenvalue weighted by Gasteiger charge is -2.26. The molecule has 1 aliphatic heterocycles. The molecule has 0 spiro atoms. The maximum Gasteiger partial charge on any atom is 0.246 e. The molecule has 0 radical (unpaired) electrons. The van der Waals surface area contributed by atoms with Crippen molar-refractivity contribution >= 4 is 23.5 Å². The highest BCUT2D eigenvalue weighted by Crippen LogP contribution is 2.35. The molecule has 0 saturated carbocycles. The van der Waals surface area contributed by atoms with Crippen LogP contribution < -0.4 is 20.7 Å². The van der Waals surface area contributed by atoms with Crippen LogP contribution in [0, 0.1) is 0 Å². The van der Waals surface area contributed by atoms with Crippen molar-refractivity contribution in [3.05, 3.63) is 47.7 Å². The predicted octanol–water partition coefficient (Wildman–Crippen LogP) is 2.70. The molecule has 1 fully saturated rings. The third-order valence-electron chi connectivity index (χ3n) is 5.68. The van der Waals surface area contributed by atoms with Gasteiger partial charge in [0.1, 0.15) is 22.7 Å². The molecular weight excluding hydrogens is 442 g/mol. The maximum atomic E-state index is 12.2. The zero-order chi connectivity index (χ0) is 23.4. The molecule has 1 saturated heterocycles. The van der Waals surface area contributed by atoms with Crippen molar-refractivity contribution in [2.75, 3.05) is 31.1 Å². The summed E-state index contributed by atoms with van der Waals surface area (Å²) in [5.41, 5.74) is 7.58. The van der Waals surface area contributed by atoms with E-state index in [4.69, 9.17) is 27.1 Å². The number of nitrogens with zero attached hydrogens (tertiary/aromatic N) is 5. The molecule has 10 heteroatoms. The fourth-order valence-corrected chi connectivity index (χ4v) is 4.24. The van der Waals surface area contributed by atoms with Gasteiger partial charge in [0.05, 0.1) is 11.6 Å². The SMILES string of the molecule is CCNC1(C(N)=O)CCN(c2nnc(-c3ccc(OCC)cc3)c(-c3ccncc3Cl)n2)C1. The molecule has 4 rings (SSSR count). The molecule has 2 aromatic heterocycles. The highest BCUT2D eigenvalue weighted by atomic mass is 35.5. The first-order valence-electron chi connectivity index (χ1n) is 10.8. The molecule has 1 aromatic carbocycles. The van der Waals surface area contributed by atoms with E-state index in [1.807, 2.05) is 43.0 Å². The smallest absolute Gasteiger partial charge is 0.246 e. The van der Waals surface area contributed by atoms with Crippen molar-refractivity contribution < 1.29 is 9.53 Å². The van der Waals surface area contributed by atoms with Crippen molar-refractivity contribution in [1.29, 1.82) is 0 Å². The van der Waals surface area contributed by atoms with Crippen molar-refractivity contribution in [2.45, 2.75) is 25.8 Å². The summed E-state index contributed by atoms with van der Waals surface area (Å²) in [6.07, 6.45) is 3.79. The van der Waals surface area contributed by atoms with E-state index in [9.17, 15) is 4.79 Å². The summed E-state index contributed by atoms with van der Waals surface area (Å²) in [5, 5.41) is 12.6. The molecule has 3 heterocycles. The van der Waals surface area contributed by atoms with Crippen LogP contribution >= 0.6 is 11.6 Å². The van der Waals surface area contributed by atoms with E-state index in [-0.39, 0.29) is 5.91 Å². The molecule has 9 nitrogen and oxygen atoms in total. The molecule has 3 N–H and O–H groups in total. The summed E-state index contributed by atoms with van der Waals surface area (Å²) in [6.45, 7) is 6.04. The van der Waals surface area contributed by atoms with E-state index < -0.39 is 5.54 Å². The fraction of sp³-hybridized carbons (Fsp3) is 0.348. The van der Waals surface area contributed by atoms with Crippen LogP contribution in [-0.4, -0.2) is 57.9 Å². The molecule has 3 aromatic rings. The number of hydrogen-bond acceptors (Lipinski definition) is 8. The Labute approximate surface area is 197 Å². The lowest BCUT2D eigenvalue weighted by atomic mass is 9.98. The number of carbonyl (C=O) groups excluding carboxylic acids is 1. The van der Waals surface area contributed by atoms with Crippen LogP contribution in [-0.2, 0) is 4.79 Å². The van der Waals surface area contributed by atoms with Crippen LogP contribution in [0.15, 0.2) is 42.7 Å². The van der Waals surface area contributed by atoms with Gasteiger partial charge < -0.3 is 20.7 Å². The van der Waals surface area contributed by atoms with Crippen molar-refractivity contribution in [1.82, 2.24) is 25.5 Å². The minimum Gasteiger partial charge on any atom is -0.494 e. The number of primary amides is 1. The number of amides is 1. The second-order valence-electron chi connectivity index (χ2n) is 7.77. The van der Waals surface area contributed by atoms with Crippen LogP contribution in [0.4, 0.5) is 5.95 Å². The Kier molecular flexibility index (Phi) is 6.71. The minimum atomic E-state index is -0.819. The molecule has 0 bridgehead atoms. The summed E-state index contributed by atoms with van der Waals surface area (Å²) >= 11 is 6.47. The fourth-order valence-electron chi connectivity index (χ4n) is 4.03. The number of anilines is 1. The zero-order valence-electron chi connectivity index (χ0n) is 18.6.